The molecule has 0 aliphatic heterocycles. The summed E-state index contributed by atoms with van der Waals surface area (Å²) in [6, 6.07) is 35.7. The highest BCUT2D eigenvalue weighted by Gasteiger charge is 2.02. The molecule has 0 N–H and O–H groups in total. The normalized spacial score (nSPS) is 12.1. The lowest BCUT2D eigenvalue weighted by Crippen LogP contribution is -1.90. The zero-order valence-corrected chi connectivity index (χ0v) is 18.3. The molecule has 0 saturated heterocycles. The molecule has 0 aromatic heterocycles. The smallest absolute Gasteiger partial charge is 0.136 e. The molecule has 4 aromatic carbocycles. The standard InChI is InChI=1S/C27H20Cl2N2/c28-26(22-7-3-1-4-8-22)30-24-15-11-20(12-16-24)19-21-13-17-25(18-14-21)31-27(29)23-9-5-2-6-10-23/h1-18H,19H2. The molecule has 0 heterocycles. The molecule has 2 nitrogen and oxygen atoms in total. The van der Waals surface area contributed by atoms with Crippen LogP contribution in [-0.2, 0) is 6.42 Å². The molecule has 0 bridgehead atoms. The number of halogens is 2. The van der Waals surface area contributed by atoms with Crippen LogP contribution in [0.4, 0.5) is 11.4 Å². The molecule has 152 valence electrons. The minimum Gasteiger partial charge on any atom is -0.236 e. The average molecular weight is 443 g/mol. The Hall–Kier alpha value is -3.20. The maximum atomic E-state index is 6.33. The van der Waals surface area contributed by atoms with E-state index in [1.165, 1.54) is 11.1 Å². The molecule has 0 radical (unpaired) electrons. The third kappa shape index (κ3) is 5.91. The van der Waals surface area contributed by atoms with E-state index in [-0.39, 0.29) is 0 Å². The van der Waals surface area contributed by atoms with Crippen LogP contribution >= 0.6 is 23.2 Å². The molecule has 0 unspecified atom stereocenters. The predicted octanol–water partition coefficient (Wildman–Crippen LogP) is 7.91. The first-order valence-electron chi connectivity index (χ1n) is 9.94. The highest BCUT2D eigenvalue weighted by Crippen LogP contribution is 2.21. The molecule has 31 heavy (non-hydrogen) atoms. The third-order valence-electron chi connectivity index (χ3n) is 4.76. The number of aliphatic imine (C=N–C) groups is 2. The van der Waals surface area contributed by atoms with Gasteiger partial charge in [-0.1, -0.05) is 108 Å². The van der Waals surface area contributed by atoms with E-state index in [0.29, 0.717) is 10.3 Å². The van der Waals surface area contributed by atoms with Crippen molar-refractivity contribution < 1.29 is 0 Å². The number of hydrogen-bond donors (Lipinski definition) is 0. The van der Waals surface area contributed by atoms with Gasteiger partial charge in [0.1, 0.15) is 10.3 Å². The van der Waals surface area contributed by atoms with Crippen molar-refractivity contribution in [2.75, 3.05) is 0 Å². The van der Waals surface area contributed by atoms with Crippen molar-refractivity contribution in [3.05, 3.63) is 131 Å². The van der Waals surface area contributed by atoms with E-state index in [1.807, 2.05) is 84.9 Å². The van der Waals surface area contributed by atoms with Crippen LogP contribution in [0.15, 0.2) is 119 Å². The monoisotopic (exact) mass is 442 g/mol. The first-order valence-corrected chi connectivity index (χ1v) is 10.7. The van der Waals surface area contributed by atoms with Crippen molar-refractivity contribution in [1.29, 1.82) is 0 Å². The lowest BCUT2D eigenvalue weighted by Gasteiger charge is -2.05. The lowest BCUT2D eigenvalue weighted by molar-refractivity contribution is 1.19. The van der Waals surface area contributed by atoms with Gasteiger partial charge >= 0.3 is 0 Å². The van der Waals surface area contributed by atoms with Crippen LogP contribution in [0.1, 0.15) is 22.3 Å². The van der Waals surface area contributed by atoms with Crippen molar-refractivity contribution in [2.24, 2.45) is 9.98 Å². The van der Waals surface area contributed by atoms with Gasteiger partial charge in [0.15, 0.2) is 0 Å². The topological polar surface area (TPSA) is 24.7 Å². The van der Waals surface area contributed by atoms with Gasteiger partial charge in [-0.05, 0) is 41.8 Å². The summed E-state index contributed by atoms with van der Waals surface area (Å²) >= 11 is 12.7. The number of hydrogen-bond acceptors (Lipinski definition) is 2. The lowest BCUT2D eigenvalue weighted by atomic mass is 10.0. The summed E-state index contributed by atoms with van der Waals surface area (Å²) in [4.78, 5) is 8.99. The molecule has 0 atom stereocenters. The quantitative estimate of drug-likeness (QED) is 0.271. The first kappa shape index (κ1) is 21.0. The Kier molecular flexibility index (Phi) is 6.93. The average Bonchev–Trinajstić information content (AvgIpc) is 2.82. The molecule has 4 heteroatoms. The van der Waals surface area contributed by atoms with Crippen molar-refractivity contribution in [2.45, 2.75) is 6.42 Å². The van der Waals surface area contributed by atoms with Gasteiger partial charge in [-0.3, -0.25) is 0 Å². The second-order valence-electron chi connectivity index (χ2n) is 7.05. The Labute approximate surface area is 192 Å². The van der Waals surface area contributed by atoms with Crippen molar-refractivity contribution >= 4 is 44.9 Å². The van der Waals surface area contributed by atoms with Crippen LogP contribution in [-0.4, -0.2) is 10.3 Å². The van der Waals surface area contributed by atoms with Gasteiger partial charge in [-0.25, -0.2) is 9.98 Å². The second kappa shape index (κ2) is 10.2. The van der Waals surface area contributed by atoms with Crippen molar-refractivity contribution in [3.8, 4) is 0 Å². The zero-order valence-electron chi connectivity index (χ0n) is 16.7. The highest BCUT2D eigenvalue weighted by atomic mass is 35.5. The summed E-state index contributed by atoms with van der Waals surface area (Å²) in [6.07, 6.45) is 0.826. The molecule has 4 rings (SSSR count). The van der Waals surface area contributed by atoms with E-state index in [9.17, 15) is 0 Å². The summed E-state index contributed by atoms with van der Waals surface area (Å²) in [6.45, 7) is 0. The van der Waals surface area contributed by atoms with Crippen LogP contribution in [0, 0.1) is 0 Å². The second-order valence-corrected chi connectivity index (χ2v) is 7.76. The number of rotatable bonds is 6. The molecular weight excluding hydrogens is 423 g/mol. The van der Waals surface area contributed by atoms with Crippen LogP contribution < -0.4 is 0 Å². The van der Waals surface area contributed by atoms with Gasteiger partial charge in [0.2, 0.25) is 0 Å². The summed E-state index contributed by atoms with van der Waals surface area (Å²) in [7, 11) is 0. The van der Waals surface area contributed by atoms with Gasteiger partial charge < -0.3 is 0 Å². The van der Waals surface area contributed by atoms with Gasteiger partial charge in [0.25, 0.3) is 0 Å². The van der Waals surface area contributed by atoms with Crippen LogP contribution in [0.25, 0.3) is 0 Å². The fraction of sp³-hybridized carbons (Fsp3) is 0.0370. The third-order valence-corrected chi connectivity index (χ3v) is 5.36. The predicted molar refractivity (Wildman–Crippen MR) is 133 cm³/mol. The Morgan fingerprint density at radius 1 is 0.484 bits per heavy atom. The highest BCUT2D eigenvalue weighted by molar-refractivity contribution is 6.70. The van der Waals surface area contributed by atoms with E-state index >= 15 is 0 Å². The van der Waals surface area contributed by atoms with Gasteiger partial charge in [0, 0.05) is 11.1 Å². The van der Waals surface area contributed by atoms with Crippen molar-refractivity contribution in [3.63, 3.8) is 0 Å². The van der Waals surface area contributed by atoms with E-state index in [4.69, 9.17) is 23.2 Å². The van der Waals surface area contributed by atoms with E-state index < -0.39 is 0 Å². The van der Waals surface area contributed by atoms with E-state index in [2.05, 4.69) is 34.3 Å². The maximum absolute atomic E-state index is 6.33. The first-order chi connectivity index (χ1) is 15.2. The van der Waals surface area contributed by atoms with Crippen molar-refractivity contribution in [1.82, 2.24) is 0 Å². The molecule has 0 aliphatic rings. The molecule has 0 amide bonds. The molecule has 0 fully saturated rings. The Balaban J connectivity index is 1.42. The largest absolute Gasteiger partial charge is 0.236 e. The Morgan fingerprint density at radius 2 is 0.839 bits per heavy atom. The number of benzene rings is 4. The summed E-state index contributed by atoms with van der Waals surface area (Å²) < 4.78 is 0. The Bertz CT molecular complexity index is 1080. The summed E-state index contributed by atoms with van der Waals surface area (Å²) in [5, 5.41) is 0.970. The minimum absolute atomic E-state index is 0.485. The molecule has 0 saturated carbocycles. The molecule has 0 aliphatic carbocycles. The van der Waals surface area contributed by atoms with Crippen LogP contribution in [0.2, 0.25) is 0 Å². The van der Waals surface area contributed by atoms with Crippen LogP contribution in [0.5, 0.6) is 0 Å². The fourth-order valence-corrected chi connectivity index (χ4v) is 3.57. The maximum Gasteiger partial charge on any atom is 0.136 e. The fourth-order valence-electron chi connectivity index (χ4n) is 3.12. The molecule has 0 spiro atoms. The summed E-state index contributed by atoms with van der Waals surface area (Å²) in [5.41, 5.74) is 5.88. The van der Waals surface area contributed by atoms with Crippen LogP contribution in [0.3, 0.4) is 0 Å². The summed E-state index contributed by atoms with van der Waals surface area (Å²) in [5.74, 6) is 0. The SMILES string of the molecule is ClC(=Nc1ccc(Cc2ccc(N=C(Cl)c3ccccc3)cc2)cc1)c1ccccc1. The van der Waals surface area contributed by atoms with Gasteiger partial charge in [-0.2, -0.15) is 0 Å². The Morgan fingerprint density at radius 3 is 1.19 bits per heavy atom. The molecular formula is C27H20Cl2N2. The molecule has 4 aromatic rings. The zero-order chi connectivity index (χ0) is 21.5. The number of nitrogens with zero attached hydrogens (tertiary/aromatic N) is 2. The van der Waals surface area contributed by atoms with E-state index in [1.54, 1.807) is 0 Å². The minimum atomic E-state index is 0.485. The van der Waals surface area contributed by atoms with Gasteiger partial charge in [-0.15, -0.1) is 0 Å². The van der Waals surface area contributed by atoms with E-state index in [0.717, 1.165) is 28.9 Å². The van der Waals surface area contributed by atoms with Gasteiger partial charge in [0.05, 0.1) is 11.4 Å².